The number of aromatic nitrogens is 1. The van der Waals surface area contributed by atoms with Gasteiger partial charge in [0.25, 0.3) is 0 Å². The summed E-state index contributed by atoms with van der Waals surface area (Å²) in [7, 11) is 0. The van der Waals surface area contributed by atoms with Crippen LogP contribution in [0.3, 0.4) is 0 Å². The minimum absolute atomic E-state index is 0.0305. The fourth-order valence-electron chi connectivity index (χ4n) is 2.07. The van der Waals surface area contributed by atoms with Gasteiger partial charge in [-0.2, -0.15) is 0 Å². The molecule has 1 aromatic carbocycles. The summed E-state index contributed by atoms with van der Waals surface area (Å²) in [5.41, 5.74) is 7.30. The normalized spacial score (nSPS) is 12.5. The van der Waals surface area contributed by atoms with Crippen LogP contribution in [0.25, 0.3) is 10.9 Å². The van der Waals surface area contributed by atoms with Crippen molar-refractivity contribution in [1.29, 1.82) is 0 Å². The van der Waals surface area contributed by atoms with Crippen molar-refractivity contribution in [1.82, 2.24) is 10.3 Å². The molecule has 2 aromatic rings. The highest BCUT2D eigenvalue weighted by Crippen LogP contribution is 2.21. The Balaban J connectivity index is 2.34. The highest BCUT2D eigenvalue weighted by molar-refractivity contribution is 5.80. The molecule has 0 aliphatic carbocycles. The van der Waals surface area contributed by atoms with Crippen LogP contribution in [0.4, 0.5) is 0 Å². The Kier molecular flexibility index (Phi) is 3.89. The summed E-state index contributed by atoms with van der Waals surface area (Å²) in [6.07, 6.45) is 2.08. The van der Waals surface area contributed by atoms with Crippen LogP contribution in [0.15, 0.2) is 36.5 Å². The van der Waals surface area contributed by atoms with Gasteiger partial charge in [0.05, 0.1) is 5.52 Å². The molecule has 0 spiro atoms. The van der Waals surface area contributed by atoms with Gasteiger partial charge in [-0.15, -0.1) is 0 Å². The van der Waals surface area contributed by atoms with Gasteiger partial charge in [-0.3, -0.25) is 9.78 Å². The predicted octanol–water partition coefficient (Wildman–Crippen LogP) is 1.76. The van der Waals surface area contributed by atoms with Crippen molar-refractivity contribution in [2.24, 2.45) is 5.73 Å². The zero-order valence-corrected chi connectivity index (χ0v) is 10.4. The molecule has 3 N–H and O–H groups in total. The van der Waals surface area contributed by atoms with Crippen LogP contribution in [-0.4, -0.2) is 17.4 Å². The van der Waals surface area contributed by atoms with Crippen LogP contribution in [0.1, 0.15) is 24.9 Å². The lowest BCUT2D eigenvalue weighted by atomic mass is 10.0. The minimum atomic E-state index is -0.299. The zero-order valence-electron chi connectivity index (χ0n) is 10.4. The summed E-state index contributed by atoms with van der Waals surface area (Å²) < 4.78 is 0. The second-order valence-electron chi connectivity index (χ2n) is 4.24. The third-order valence-corrected chi connectivity index (χ3v) is 2.89. The number of amides is 1. The van der Waals surface area contributed by atoms with Crippen LogP contribution in [0, 0.1) is 0 Å². The number of pyridine rings is 1. The largest absolute Gasteiger partial charge is 0.370 e. The summed E-state index contributed by atoms with van der Waals surface area (Å²) in [5, 5.41) is 4.35. The molecule has 0 aliphatic heterocycles. The molecule has 0 fully saturated rings. The van der Waals surface area contributed by atoms with E-state index in [1.54, 1.807) is 6.20 Å². The van der Waals surface area contributed by atoms with Gasteiger partial charge >= 0.3 is 0 Å². The number of nitrogens with zero attached hydrogens (tertiary/aromatic N) is 1. The zero-order chi connectivity index (χ0) is 13.0. The Morgan fingerprint density at radius 3 is 3.00 bits per heavy atom. The number of rotatable bonds is 5. The number of hydrogen-bond donors (Lipinski definition) is 2. The van der Waals surface area contributed by atoms with Gasteiger partial charge in [0.1, 0.15) is 0 Å². The average molecular weight is 243 g/mol. The first-order chi connectivity index (χ1) is 8.70. The number of primary amides is 1. The van der Waals surface area contributed by atoms with Crippen molar-refractivity contribution in [2.45, 2.75) is 19.4 Å². The average Bonchev–Trinajstić information content (AvgIpc) is 2.37. The Bertz CT molecular complexity index is 553. The van der Waals surface area contributed by atoms with Crippen molar-refractivity contribution >= 4 is 16.8 Å². The molecule has 18 heavy (non-hydrogen) atoms. The van der Waals surface area contributed by atoms with Crippen molar-refractivity contribution in [3.63, 3.8) is 0 Å². The number of carbonyl (C=O) groups excluding carboxylic acids is 1. The molecular formula is C14H17N3O. The fourth-order valence-corrected chi connectivity index (χ4v) is 2.07. The van der Waals surface area contributed by atoms with E-state index < -0.39 is 0 Å². The maximum absolute atomic E-state index is 11.1. The topological polar surface area (TPSA) is 68.0 Å². The van der Waals surface area contributed by atoms with E-state index in [9.17, 15) is 4.79 Å². The predicted molar refractivity (Wildman–Crippen MR) is 72.0 cm³/mol. The third-order valence-electron chi connectivity index (χ3n) is 2.89. The molecule has 0 bridgehead atoms. The summed E-state index contributed by atoms with van der Waals surface area (Å²) >= 11 is 0. The second kappa shape index (κ2) is 5.60. The summed E-state index contributed by atoms with van der Waals surface area (Å²) in [4.78, 5) is 15.4. The maximum Gasteiger partial charge on any atom is 0.219 e. The Morgan fingerprint density at radius 2 is 2.28 bits per heavy atom. The van der Waals surface area contributed by atoms with Crippen LogP contribution >= 0.6 is 0 Å². The van der Waals surface area contributed by atoms with Crippen molar-refractivity contribution in [3.05, 3.63) is 42.1 Å². The molecule has 94 valence electrons. The first kappa shape index (κ1) is 12.5. The summed E-state index contributed by atoms with van der Waals surface area (Å²) in [6.45, 7) is 2.81. The van der Waals surface area contributed by atoms with Crippen molar-refractivity contribution < 1.29 is 4.79 Å². The quantitative estimate of drug-likeness (QED) is 0.840. The highest BCUT2D eigenvalue weighted by Gasteiger charge is 2.13. The molecule has 0 radical (unpaired) electrons. The number of benzene rings is 1. The van der Waals surface area contributed by atoms with Gasteiger partial charge in [-0.1, -0.05) is 19.1 Å². The molecule has 0 saturated heterocycles. The van der Waals surface area contributed by atoms with Crippen LogP contribution < -0.4 is 11.1 Å². The van der Waals surface area contributed by atoms with Gasteiger partial charge < -0.3 is 11.1 Å². The van der Waals surface area contributed by atoms with Gasteiger partial charge in [-0.05, 0) is 30.3 Å². The summed E-state index contributed by atoms with van der Waals surface area (Å²) in [6, 6.07) is 9.90. The molecular weight excluding hydrogens is 226 g/mol. The van der Waals surface area contributed by atoms with E-state index in [1.807, 2.05) is 31.2 Å². The molecule has 0 saturated carbocycles. The molecule has 4 heteroatoms. The Hall–Kier alpha value is -1.94. The first-order valence-electron chi connectivity index (χ1n) is 6.07. The maximum atomic E-state index is 11.1. The lowest BCUT2D eigenvalue weighted by molar-refractivity contribution is -0.118. The van der Waals surface area contributed by atoms with Crippen LogP contribution in [0.5, 0.6) is 0 Å². The Labute approximate surface area is 106 Å². The second-order valence-corrected chi connectivity index (χ2v) is 4.24. The van der Waals surface area contributed by atoms with Gasteiger partial charge in [0, 0.05) is 24.0 Å². The van der Waals surface area contributed by atoms with E-state index in [1.165, 1.54) is 0 Å². The molecule has 1 unspecified atom stereocenters. The van der Waals surface area contributed by atoms with Crippen molar-refractivity contribution in [2.75, 3.05) is 6.54 Å². The first-order valence-corrected chi connectivity index (χ1v) is 6.07. The molecule has 2 rings (SSSR count). The van der Waals surface area contributed by atoms with E-state index in [4.69, 9.17) is 5.73 Å². The SMILES string of the molecule is CCNC(CC(N)=O)c1ccc2ncccc2c1. The molecule has 1 aromatic heterocycles. The molecule has 0 aliphatic rings. The monoisotopic (exact) mass is 243 g/mol. The molecule has 1 heterocycles. The molecule has 1 amide bonds. The number of fused-ring (bicyclic) bond motifs is 1. The van der Waals surface area contributed by atoms with E-state index in [0.717, 1.165) is 23.0 Å². The van der Waals surface area contributed by atoms with Gasteiger partial charge in [0.2, 0.25) is 5.91 Å². The lowest BCUT2D eigenvalue weighted by Crippen LogP contribution is -2.26. The fraction of sp³-hybridized carbons (Fsp3) is 0.286. The van der Waals surface area contributed by atoms with Crippen molar-refractivity contribution in [3.8, 4) is 0 Å². The number of nitrogens with one attached hydrogen (secondary N) is 1. The van der Waals surface area contributed by atoms with Gasteiger partial charge in [-0.25, -0.2) is 0 Å². The minimum Gasteiger partial charge on any atom is -0.370 e. The van der Waals surface area contributed by atoms with E-state index in [0.29, 0.717) is 6.42 Å². The Morgan fingerprint density at radius 1 is 1.44 bits per heavy atom. The number of nitrogens with two attached hydrogens (primary N) is 1. The van der Waals surface area contributed by atoms with E-state index in [2.05, 4.69) is 16.4 Å². The summed E-state index contributed by atoms with van der Waals surface area (Å²) in [5.74, 6) is -0.299. The lowest BCUT2D eigenvalue weighted by Gasteiger charge is -2.17. The number of carbonyl (C=O) groups is 1. The number of hydrogen-bond acceptors (Lipinski definition) is 3. The molecule has 4 nitrogen and oxygen atoms in total. The van der Waals surface area contributed by atoms with Crippen LogP contribution in [0.2, 0.25) is 0 Å². The third kappa shape index (κ3) is 2.84. The van der Waals surface area contributed by atoms with Crippen LogP contribution in [-0.2, 0) is 4.79 Å². The van der Waals surface area contributed by atoms with E-state index >= 15 is 0 Å². The standard InChI is InChI=1S/C14H17N3O/c1-2-16-13(9-14(15)18)11-5-6-12-10(8-11)4-3-7-17-12/h3-8,13,16H,2,9H2,1H3,(H2,15,18). The van der Waals surface area contributed by atoms with E-state index in [-0.39, 0.29) is 11.9 Å². The van der Waals surface area contributed by atoms with Gasteiger partial charge in [0.15, 0.2) is 0 Å². The smallest absolute Gasteiger partial charge is 0.219 e. The molecule has 1 atom stereocenters. The highest BCUT2D eigenvalue weighted by atomic mass is 16.1.